The summed E-state index contributed by atoms with van der Waals surface area (Å²) in [6.45, 7) is 15.2. The highest BCUT2D eigenvalue weighted by Gasteiger charge is 2.30. The van der Waals surface area contributed by atoms with E-state index in [4.69, 9.17) is 0 Å². The molecule has 0 aliphatic carbocycles. The van der Waals surface area contributed by atoms with Gasteiger partial charge in [0.25, 0.3) is 0 Å². The maximum Gasteiger partial charge on any atom is 0.108 e. The lowest BCUT2D eigenvalue weighted by Crippen LogP contribution is -2.47. The molecule has 36 heavy (non-hydrogen) atoms. The van der Waals surface area contributed by atoms with Crippen LogP contribution >= 0.6 is 0 Å². The number of para-hydroxylation sites is 1. The second kappa shape index (κ2) is 11.5. The minimum absolute atomic E-state index is 0.137. The van der Waals surface area contributed by atoms with Gasteiger partial charge in [-0.2, -0.15) is 0 Å². The molecular formula is C30H38N4O2. The van der Waals surface area contributed by atoms with Crippen molar-refractivity contribution in [2.45, 2.75) is 72.8 Å². The van der Waals surface area contributed by atoms with Crippen molar-refractivity contribution < 1.29 is 0 Å². The molecule has 6 nitrogen and oxygen atoms in total. The lowest BCUT2D eigenvalue weighted by atomic mass is 9.85. The van der Waals surface area contributed by atoms with Gasteiger partial charge in [0.1, 0.15) is 11.4 Å². The molecule has 0 spiro atoms. The van der Waals surface area contributed by atoms with E-state index in [0.717, 1.165) is 41.0 Å². The van der Waals surface area contributed by atoms with Gasteiger partial charge >= 0.3 is 0 Å². The molecule has 0 N–H and O–H groups in total. The van der Waals surface area contributed by atoms with E-state index in [1.54, 1.807) is 12.1 Å². The molecule has 0 aliphatic rings. The summed E-state index contributed by atoms with van der Waals surface area (Å²) in [5.41, 5.74) is 5.55. The van der Waals surface area contributed by atoms with Crippen LogP contribution in [0.3, 0.4) is 0 Å². The Kier molecular flexibility index (Phi) is 8.62. The van der Waals surface area contributed by atoms with E-state index in [9.17, 15) is 9.81 Å². The third kappa shape index (κ3) is 6.17. The second-order valence-electron chi connectivity index (χ2n) is 10.9. The molecule has 0 radical (unpaired) electrons. The zero-order valence-electron chi connectivity index (χ0n) is 22.5. The number of hydrazine groups is 1. The topological polar surface area (TPSA) is 65.3 Å². The first-order chi connectivity index (χ1) is 17.1. The first-order valence-electron chi connectivity index (χ1n) is 12.6. The van der Waals surface area contributed by atoms with Crippen LogP contribution in [0.1, 0.15) is 65.5 Å². The molecule has 0 amide bonds. The van der Waals surface area contributed by atoms with Crippen LogP contribution in [-0.4, -0.2) is 6.04 Å². The molecule has 0 aliphatic heterocycles. The van der Waals surface area contributed by atoms with E-state index >= 15 is 0 Å². The Balaban J connectivity index is 2.33. The van der Waals surface area contributed by atoms with Crippen molar-refractivity contribution in [1.29, 1.82) is 0 Å². The zero-order valence-corrected chi connectivity index (χ0v) is 22.5. The maximum atomic E-state index is 11.4. The molecule has 0 bridgehead atoms. The minimum atomic E-state index is -0.240. The summed E-state index contributed by atoms with van der Waals surface area (Å²) in [5.74, 6) is 0.574. The summed E-state index contributed by atoms with van der Waals surface area (Å²) >= 11 is 0. The van der Waals surface area contributed by atoms with Gasteiger partial charge in [-0.1, -0.05) is 52.8 Å². The molecule has 6 heteroatoms. The van der Waals surface area contributed by atoms with Gasteiger partial charge in [-0.3, -0.25) is 10.0 Å². The molecular weight excluding hydrogens is 448 g/mol. The Bertz CT molecular complexity index is 1190. The fraction of sp³-hybridized carbons (Fsp3) is 0.400. The molecule has 0 saturated heterocycles. The lowest BCUT2D eigenvalue weighted by Gasteiger charge is -2.45. The van der Waals surface area contributed by atoms with Crippen LogP contribution in [0.5, 0.6) is 0 Å². The number of nitrogens with zero attached hydrogens (tertiary/aromatic N) is 4. The predicted molar refractivity (Wildman–Crippen MR) is 152 cm³/mol. The maximum absolute atomic E-state index is 11.4. The van der Waals surface area contributed by atoms with E-state index in [-0.39, 0.29) is 11.5 Å². The highest BCUT2D eigenvalue weighted by Crippen LogP contribution is 2.42. The molecule has 1 unspecified atom stereocenters. The quantitative estimate of drug-likeness (QED) is 0.211. The molecule has 0 fully saturated rings. The first kappa shape index (κ1) is 27.1. The van der Waals surface area contributed by atoms with Crippen molar-refractivity contribution in [3.8, 4) is 0 Å². The van der Waals surface area contributed by atoms with Crippen LogP contribution in [-0.2, 0) is 5.41 Å². The largest absolute Gasteiger partial charge is 0.278 e. The monoisotopic (exact) mass is 486 g/mol. The standard InChI is InChI=1S/C30H38N4O2/c1-21(2)13-14-23(4)33(28-17-15-24(31-35)19-22(28)3)34(26-11-9-8-10-12-26)29-18-16-25(32-36)20-27(29)30(5,6)7/h8-12,15-21,23H,13-14H2,1-7H3. The highest BCUT2D eigenvalue weighted by molar-refractivity contribution is 5.76. The molecule has 3 rings (SSSR count). The normalized spacial score (nSPS) is 12.3. The Morgan fingerprint density at radius 1 is 0.778 bits per heavy atom. The second-order valence-corrected chi connectivity index (χ2v) is 10.9. The average Bonchev–Trinajstić information content (AvgIpc) is 2.85. The number of benzene rings is 3. The van der Waals surface area contributed by atoms with Crippen molar-refractivity contribution in [1.82, 2.24) is 0 Å². The van der Waals surface area contributed by atoms with E-state index in [2.05, 4.69) is 74.0 Å². The summed E-state index contributed by atoms with van der Waals surface area (Å²) in [4.78, 5) is 22.7. The van der Waals surface area contributed by atoms with Crippen LogP contribution in [0, 0.1) is 22.7 Å². The van der Waals surface area contributed by atoms with E-state index in [0.29, 0.717) is 17.3 Å². The lowest BCUT2D eigenvalue weighted by molar-refractivity contribution is 0.490. The molecule has 190 valence electrons. The minimum Gasteiger partial charge on any atom is -0.278 e. The van der Waals surface area contributed by atoms with Gasteiger partial charge in [0.15, 0.2) is 0 Å². The van der Waals surface area contributed by atoms with Crippen molar-refractivity contribution in [2.75, 3.05) is 10.0 Å². The van der Waals surface area contributed by atoms with Gasteiger partial charge in [0.2, 0.25) is 0 Å². The molecule has 0 heterocycles. The van der Waals surface area contributed by atoms with Gasteiger partial charge in [-0.15, -0.1) is 9.81 Å². The Labute approximate surface area is 215 Å². The van der Waals surface area contributed by atoms with Gasteiger partial charge in [0.05, 0.1) is 17.1 Å². The fourth-order valence-corrected chi connectivity index (χ4v) is 4.51. The molecule has 0 aromatic heterocycles. The number of anilines is 3. The van der Waals surface area contributed by atoms with Crippen LogP contribution < -0.4 is 10.0 Å². The van der Waals surface area contributed by atoms with Gasteiger partial charge in [-0.25, -0.2) is 0 Å². The highest BCUT2D eigenvalue weighted by atomic mass is 16.3. The zero-order chi connectivity index (χ0) is 26.5. The molecule has 3 aromatic rings. The van der Waals surface area contributed by atoms with Crippen molar-refractivity contribution in [2.24, 2.45) is 16.3 Å². The molecule has 3 aromatic carbocycles. The van der Waals surface area contributed by atoms with Crippen molar-refractivity contribution in [3.63, 3.8) is 0 Å². The predicted octanol–water partition coefficient (Wildman–Crippen LogP) is 9.47. The Morgan fingerprint density at radius 2 is 1.36 bits per heavy atom. The molecule has 1 atom stereocenters. The van der Waals surface area contributed by atoms with Crippen molar-refractivity contribution in [3.05, 3.63) is 87.7 Å². The summed E-state index contributed by atoms with van der Waals surface area (Å²) in [7, 11) is 0. The Hall–Kier alpha value is -3.54. The van der Waals surface area contributed by atoms with Gasteiger partial charge in [0, 0.05) is 6.04 Å². The summed E-state index contributed by atoms with van der Waals surface area (Å²) < 4.78 is 0. The van der Waals surface area contributed by atoms with E-state index < -0.39 is 0 Å². The number of hydrogen-bond acceptors (Lipinski definition) is 6. The van der Waals surface area contributed by atoms with Crippen LogP contribution in [0.4, 0.5) is 28.4 Å². The number of nitroso groups, excluding NO2 is 2. The van der Waals surface area contributed by atoms with Crippen LogP contribution in [0.25, 0.3) is 0 Å². The van der Waals surface area contributed by atoms with E-state index in [1.807, 2.05) is 49.4 Å². The summed E-state index contributed by atoms with van der Waals surface area (Å²) in [5, 5.41) is 10.9. The average molecular weight is 487 g/mol. The van der Waals surface area contributed by atoms with Crippen LogP contribution in [0.15, 0.2) is 77.1 Å². The van der Waals surface area contributed by atoms with Crippen LogP contribution in [0.2, 0.25) is 0 Å². The number of rotatable bonds is 10. The smallest absolute Gasteiger partial charge is 0.108 e. The molecule has 0 saturated carbocycles. The van der Waals surface area contributed by atoms with Crippen molar-refractivity contribution >= 4 is 28.4 Å². The fourth-order valence-electron chi connectivity index (χ4n) is 4.51. The summed E-state index contributed by atoms with van der Waals surface area (Å²) in [6.07, 6.45) is 2.06. The summed E-state index contributed by atoms with van der Waals surface area (Å²) in [6, 6.07) is 21.6. The SMILES string of the molecule is Cc1cc(N=O)ccc1N(C(C)CCC(C)C)N(c1ccccc1)c1ccc(N=O)cc1C(C)(C)C. The first-order valence-corrected chi connectivity index (χ1v) is 12.6. The number of aryl methyl sites for hydroxylation is 1. The third-order valence-electron chi connectivity index (χ3n) is 6.45. The van der Waals surface area contributed by atoms with Gasteiger partial charge in [-0.05, 0) is 108 Å². The number of hydrogen-bond donors (Lipinski definition) is 0. The Morgan fingerprint density at radius 3 is 1.89 bits per heavy atom. The van der Waals surface area contributed by atoms with E-state index in [1.165, 1.54) is 0 Å². The van der Waals surface area contributed by atoms with Gasteiger partial charge < -0.3 is 0 Å². The third-order valence-corrected chi connectivity index (χ3v) is 6.45.